The largest absolute Gasteiger partial charge is 0.416 e. The lowest BCUT2D eigenvalue weighted by molar-refractivity contribution is -0.138. The molecule has 10 nitrogen and oxygen atoms in total. The Morgan fingerprint density at radius 1 is 1.00 bits per heavy atom. The molecular weight excluding hydrogens is 547 g/mol. The van der Waals surface area contributed by atoms with Gasteiger partial charge in [0.25, 0.3) is 5.91 Å². The highest BCUT2D eigenvalue weighted by Gasteiger charge is 2.34. The topological polar surface area (TPSA) is 119 Å². The van der Waals surface area contributed by atoms with Crippen LogP contribution in [-0.2, 0) is 12.7 Å². The van der Waals surface area contributed by atoms with E-state index in [2.05, 4.69) is 40.8 Å². The summed E-state index contributed by atoms with van der Waals surface area (Å²) in [6.45, 7) is 5.08. The molecule has 0 saturated carbocycles. The quantitative estimate of drug-likeness (QED) is 0.268. The number of pyridine rings is 1. The molecular formula is C29H28F3N9O. The number of likely N-dealkylation sites (N-methyl/N-ethyl adjacent to an activating group) is 1. The Bertz CT molecular complexity index is 1750. The van der Waals surface area contributed by atoms with Crippen molar-refractivity contribution in [3.8, 4) is 22.5 Å². The fourth-order valence-electron chi connectivity index (χ4n) is 5.11. The second kappa shape index (κ2) is 11.0. The molecule has 0 aliphatic carbocycles. The number of nitrogens with one attached hydrogen (secondary N) is 3. The predicted molar refractivity (Wildman–Crippen MR) is 152 cm³/mol. The van der Waals surface area contributed by atoms with Gasteiger partial charge in [-0.25, -0.2) is 4.98 Å². The molecule has 3 aromatic heterocycles. The zero-order chi connectivity index (χ0) is 29.4. The first kappa shape index (κ1) is 27.5. The van der Waals surface area contributed by atoms with Gasteiger partial charge in [-0.2, -0.15) is 33.7 Å². The summed E-state index contributed by atoms with van der Waals surface area (Å²) in [7, 11) is 2.00. The number of carbonyl (C=O) groups is 1. The summed E-state index contributed by atoms with van der Waals surface area (Å²) in [5.41, 5.74) is 3.66. The minimum atomic E-state index is -4.56. The van der Waals surface area contributed by atoms with E-state index >= 15 is 0 Å². The number of fused-ring (bicyclic) bond motifs is 1. The van der Waals surface area contributed by atoms with Gasteiger partial charge in [0.1, 0.15) is 11.4 Å². The second-order valence-electron chi connectivity index (χ2n) is 10.5. The Balaban J connectivity index is 1.25. The van der Waals surface area contributed by atoms with Gasteiger partial charge < -0.3 is 10.2 Å². The summed E-state index contributed by atoms with van der Waals surface area (Å²) < 4.78 is 42.1. The molecule has 3 N–H and O–H groups in total. The summed E-state index contributed by atoms with van der Waals surface area (Å²) in [6.07, 6.45) is -1.25. The summed E-state index contributed by atoms with van der Waals surface area (Å²) >= 11 is 0. The minimum Gasteiger partial charge on any atom is -0.322 e. The Hall–Kier alpha value is -4.62. The molecule has 5 aromatic rings. The van der Waals surface area contributed by atoms with Gasteiger partial charge >= 0.3 is 6.18 Å². The molecule has 13 heteroatoms. The number of benzene rings is 2. The molecule has 1 saturated heterocycles. The summed E-state index contributed by atoms with van der Waals surface area (Å²) in [5, 5.41) is 21.5. The molecule has 0 unspecified atom stereocenters. The molecule has 6 rings (SSSR count). The minimum absolute atomic E-state index is 0.0678. The third-order valence-corrected chi connectivity index (χ3v) is 7.53. The fraction of sp³-hybridized carbons (Fsp3) is 0.276. The molecule has 42 heavy (non-hydrogen) atoms. The molecule has 1 aliphatic heterocycles. The van der Waals surface area contributed by atoms with E-state index in [1.165, 1.54) is 12.1 Å². The highest BCUT2D eigenvalue weighted by atomic mass is 19.4. The van der Waals surface area contributed by atoms with Crippen LogP contribution in [0.4, 0.5) is 18.9 Å². The number of rotatable bonds is 6. The third-order valence-electron chi connectivity index (χ3n) is 7.53. The number of aromatic nitrogens is 6. The number of piperazine rings is 1. The molecule has 0 spiro atoms. The van der Waals surface area contributed by atoms with E-state index in [1.54, 1.807) is 30.6 Å². The molecule has 1 amide bonds. The van der Waals surface area contributed by atoms with Crippen molar-refractivity contribution in [3.63, 3.8) is 0 Å². The molecule has 1 aliphatic rings. The summed E-state index contributed by atoms with van der Waals surface area (Å²) in [4.78, 5) is 21.8. The summed E-state index contributed by atoms with van der Waals surface area (Å²) in [6, 6.07) is 10.9. The SMILES string of the molecule is Cc1ccc(C(=O)Nc2ccc(CN3CCN(C)CC3)c(C(F)(F)F)c2)cc1-c1n[nH]nc1-c1cnc2[nH]ncc2c1. The van der Waals surface area contributed by atoms with Crippen LogP contribution >= 0.6 is 0 Å². The smallest absolute Gasteiger partial charge is 0.322 e. The average molecular weight is 576 g/mol. The Morgan fingerprint density at radius 2 is 1.79 bits per heavy atom. The summed E-state index contributed by atoms with van der Waals surface area (Å²) in [5.74, 6) is -0.539. The first-order valence-corrected chi connectivity index (χ1v) is 13.4. The number of nitrogens with zero attached hydrogens (tertiary/aromatic N) is 6. The molecule has 0 radical (unpaired) electrons. The second-order valence-corrected chi connectivity index (χ2v) is 10.5. The van der Waals surface area contributed by atoms with Gasteiger partial charge in [0, 0.05) is 66.7 Å². The van der Waals surface area contributed by atoms with E-state index in [-0.39, 0.29) is 23.4 Å². The van der Waals surface area contributed by atoms with Crippen LogP contribution in [0.3, 0.4) is 0 Å². The number of carbonyl (C=O) groups excluding carboxylic acids is 1. The van der Waals surface area contributed by atoms with Crippen LogP contribution in [0.5, 0.6) is 0 Å². The van der Waals surface area contributed by atoms with Crippen molar-refractivity contribution in [2.75, 3.05) is 38.5 Å². The van der Waals surface area contributed by atoms with E-state index in [1.807, 2.05) is 24.9 Å². The maximum absolute atomic E-state index is 14.0. The van der Waals surface area contributed by atoms with Crippen LogP contribution in [0.15, 0.2) is 54.9 Å². The lowest BCUT2D eigenvalue weighted by atomic mass is 9.98. The number of anilines is 1. The molecule has 0 atom stereocenters. The number of amides is 1. The normalized spacial score (nSPS) is 14.9. The Labute approximate surface area is 238 Å². The first-order valence-electron chi connectivity index (χ1n) is 13.4. The van der Waals surface area contributed by atoms with Crippen molar-refractivity contribution in [2.24, 2.45) is 0 Å². The van der Waals surface area contributed by atoms with Gasteiger partial charge in [0.05, 0.1) is 11.8 Å². The van der Waals surface area contributed by atoms with Crippen LogP contribution in [0.1, 0.15) is 27.0 Å². The molecule has 0 bridgehead atoms. The van der Waals surface area contributed by atoms with Crippen molar-refractivity contribution >= 4 is 22.6 Å². The number of aryl methyl sites for hydroxylation is 1. The highest BCUT2D eigenvalue weighted by molar-refractivity contribution is 6.05. The van der Waals surface area contributed by atoms with Crippen LogP contribution in [0.2, 0.25) is 0 Å². The van der Waals surface area contributed by atoms with Gasteiger partial charge in [0.2, 0.25) is 0 Å². The lowest BCUT2D eigenvalue weighted by Gasteiger charge is -2.33. The van der Waals surface area contributed by atoms with Crippen molar-refractivity contribution in [3.05, 3.63) is 77.1 Å². The zero-order valence-electron chi connectivity index (χ0n) is 23.0. The molecule has 1 fully saturated rings. The van der Waals surface area contributed by atoms with Gasteiger partial charge in [-0.05, 0) is 55.4 Å². The van der Waals surface area contributed by atoms with Crippen molar-refractivity contribution in [1.82, 2.24) is 40.4 Å². The maximum atomic E-state index is 14.0. The maximum Gasteiger partial charge on any atom is 0.416 e. The van der Waals surface area contributed by atoms with Crippen LogP contribution < -0.4 is 5.32 Å². The van der Waals surface area contributed by atoms with E-state index in [4.69, 9.17) is 0 Å². The average Bonchev–Trinajstić information content (AvgIpc) is 3.64. The predicted octanol–water partition coefficient (Wildman–Crippen LogP) is 4.74. The number of halogens is 3. The monoisotopic (exact) mass is 575 g/mol. The third kappa shape index (κ3) is 5.60. The van der Waals surface area contributed by atoms with Crippen molar-refractivity contribution in [2.45, 2.75) is 19.6 Å². The van der Waals surface area contributed by atoms with Gasteiger partial charge in [-0.15, -0.1) is 0 Å². The van der Waals surface area contributed by atoms with Crippen LogP contribution in [-0.4, -0.2) is 79.5 Å². The van der Waals surface area contributed by atoms with Crippen molar-refractivity contribution < 1.29 is 18.0 Å². The van der Waals surface area contributed by atoms with Gasteiger partial charge in [-0.3, -0.25) is 14.8 Å². The lowest BCUT2D eigenvalue weighted by Crippen LogP contribution is -2.44. The van der Waals surface area contributed by atoms with E-state index in [9.17, 15) is 18.0 Å². The van der Waals surface area contributed by atoms with E-state index < -0.39 is 17.6 Å². The number of alkyl halides is 3. The molecule has 216 valence electrons. The van der Waals surface area contributed by atoms with Crippen LogP contribution in [0.25, 0.3) is 33.5 Å². The van der Waals surface area contributed by atoms with Gasteiger partial charge in [-0.1, -0.05) is 12.1 Å². The van der Waals surface area contributed by atoms with E-state index in [0.29, 0.717) is 41.3 Å². The fourth-order valence-corrected chi connectivity index (χ4v) is 5.11. The Morgan fingerprint density at radius 3 is 2.57 bits per heavy atom. The molecule has 2 aromatic carbocycles. The number of aromatic amines is 2. The number of H-pyrrole nitrogens is 2. The van der Waals surface area contributed by atoms with Crippen molar-refractivity contribution in [1.29, 1.82) is 0 Å². The standard InChI is InChI=1S/C29H28F3N9O/c1-17-3-4-18(12-23(17)26-25(36-39-37-26)20-11-21-15-34-38-27(21)33-14-20)28(42)35-22-6-5-19(24(13-22)29(30,31)32)16-41-9-7-40(2)8-10-41/h3-6,11-15H,7-10,16H2,1-2H3,(H,35,42)(H,33,34,38)(H,36,37,39). The van der Waals surface area contributed by atoms with E-state index in [0.717, 1.165) is 30.1 Å². The first-order chi connectivity index (χ1) is 20.2. The Kier molecular flexibility index (Phi) is 7.21. The number of hydrogen-bond acceptors (Lipinski definition) is 7. The van der Waals surface area contributed by atoms with Crippen LogP contribution in [0, 0.1) is 6.92 Å². The molecule has 4 heterocycles. The zero-order valence-corrected chi connectivity index (χ0v) is 23.0. The number of hydrogen-bond donors (Lipinski definition) is 3. The van der Waals surface area contributed by atoms with Gasteiger partial charge in [0.15, 0.2) is 5.65 Å². The highest BCUT2D eigenvalue weighted by Crippen LogP contribution is 2.35.